The van der Waals surface area contributed by atoms with E-state index >= 15 is 0 Å². The number of amides is 2. The molecule has 4 rings (SSSR count). The molecule has 7 heteroatoms. The van der Waals surface area contributed by atoms with E-state index in [4.69, 9.17) is 0 Å². The molecule has 0 radical (unpaired) electrons. The van der Waals surface area contributed by atoms with Gasteiger partial charge in [0.2, 0.25) is 0 Å². The Labute approximate surface area is 168 Å². The number of carbonyl (C=O) groups is 2. The fourth-order valence-electron chi connectivity index (χ4n) is 3.49. The number of benzene rings is 2. The summed E-state index contributed by atoms with van der Waals surface area (Å²) >= 11 is 0. The Morgan fingerprint density at radius 1 is 0.828 bits per heavy atom. The zero-order valence-electron chi connectivity index (χ0n) is 15.9. The number of carbonyl (C=O) groups excluding carboxylic acids is 2. The van der Waals surface area contributed by atoms with Crippen LogP contribution >= 0.6 is 0 Å². The molecule has 0 aliphatic carbocycles. The monoisotopic (exact) mass is 392 g/mol. The second-order valence-corrected chi connectivity index (χ2v) is 6.92. The summed E-state index contributed by atoms with van der Waals surface area (Å²) in [6.45, 7) is 1.85. The maximum Gasteiger partial charge on any atom is 0.256 e. The van der Waals surface area contributed by atoms with Crippen molar-refractivity contribution in [3.05, 3.63) is 83.9 Å². The molecule has 1 aromatic heterocycles. The number of nitrogens with zero attached hydrogens (tertiary/aromatic N) is 4. The van der Waals surface area contributed by atoms with Crippen molar-refractivity contribution in [1.82, 2.24) is 19.6 Å². The van der Waals surface area contributed by atoms with Gasteiger partial charge < -0.3 is 9.80 Å². The minimum atomic E-state index is -0.521. The van der Waals surface area contributed by atoms with E-state index in [-0.39, 0.29) is 17.4 Å². The lowest BCUT2D eigenvalue weighted by atomic mass is 10.1. The molecule has 0 bridgehead atoms. The van der Waals surface area contributed by atoms with Gasteiger partial charge in [0.15, 0.2) is 0 Å². The largest absolute Gasteiger partial charge is 0.337 e. The average Bonchev–Trinajstić information content (AvgIpc) is 3.18. The highest BCUT2D eigenvalue weighted by Crippen LogP contribution is 2.15. The summed E-state index contributed by atoms with van der Waals surface area (Å²) < 4.78 is 15.7. The molecular weight excluding hydrogens is 371 g/mol. The molecule has 0 atom stereocenters. The predicted molar refractivity (Wildman–Crippen MR) is 106 cm³/mol. The van der Waals surface area contributed by atoms with E-state index in [0.29, 0.717) is 38.2 Å². The van der Waals surface area contributed by atoms with Crippen LogP contribution in [0.15, 0.2) is 67.0 Å². The molecule has 2 amide bonds. The van der Waals surface area contributed by atoms with Gasteiger partial charge in [-0.05, 0) is 48.9 Å². The Morgan fingerprint density at radius 3 is 2.17 bits per heavy atom. The van der Waals surface area contributed by atoms with E-state index in [1.807, 2.05) is 24.4 Å². The molecule has 0 unspecified atom stereocenters. The number of aromatic nitrogens is 2. The van der Waals surface area contributed by atoms with Crippen molar-refractivity contribution in [2.24, 2.45) is 0 Å². The summed E-state index contributed by atoms with van der Waals surface area (Å²) in [6, 6.07) is 15.1. The van der Waals surface area contributed by atoms with Crippen molar-refractivity contribution >= 4 is 11.8 Å². The first kappa shape index (κ1) is 18.9. The van der Waals surface area contributed by atoms with E-state index in [0.717, 1.165) is 5.69 Å². The van der Waals surface area contributed by atoms with E-state index in [9.17, 15) is 14.0 Å². The van der Waals surface area contributed by atoms with Gasteiger partial charge in [-0.3, -0.25) is 9.59 Å². The lowest BCUT2D eigenvalue weighted by Crippen LogP contribution is -2.37. The fourth-order valence-corrected chi connectivity index (χ4v) is 3.49. The first-order valence-electron chi connectivity index (χ1n) is 9.56. The van der Waals surface area contributed by atoms with Gasteiger partial charge in [0.1, 0.15) is 5.82 Å². The van der Waals surface area contributed by atoms with Crippen LogP contribution in [0.25, 0.3) is 5.69 Å². The second-order valence-electron chi connectivity index (χ2n) is 6.92. The van der Waals surface area contributed by atoms with E-state index < -0.39 is 5.82 Å². The van der Waals surface area contributed by atoms with Crippen LogP contribution in [-0.2, 0) is 0 Å². The minimum Gasteiger partial charge on any atom is -0.337 e. The van der Waals surface area contributed by atoms with Crippen LogP contribution in [0.3, 0.4) is 0 Å². The Morgan fingerprint density at radius 2 is 1.52 bits per heavy atom. The van der Waals surface area contributed by atoms with Crippen molar-refractivity contribution in [2.45, 2.75) is 6.42 Å². The molecule has 3 aromatic rings. The Balaban J connectivity index is 1.42. The van der Waals surface area contributed by atoms with Crippen molar-refractivity contribution in [3.8, 4) is 5.69 Å². The van der Waals surface area contributed by atoms with Crippen LogP contribution in [0.2, 0.25) is 0 Å². The first-order valence-corrected chi connectivity index (χ1v) is 9.56. The third-order valence-corrected chi connectivity index (χ3v) is 5.06. The third kappa shape index (κ3) is 4.03. The molecule has 0 saturated carbocycles. The number of hydrogen-bond acceptors (Lipinski definition) is 3. The van der Waals surface area contributed by atoms with E-state index in [1.54, 1.807) is 44.9 Å². The van der Waals surface area contributed by atoms with Gasteiger partial charge in [-0.2, -0.15) is 5.10 Å². The standard InChI is InChI=1S/C22H21FN4O2/c23-20-6-2-1-5-19(20)22(29)26-13-4-12-25(15-16-26)21(28)17-7-9-18(10-8-17)27-14-3-11-24-27/h1-3,5-11,14H,4,12-13,15-16H2. The van der Waals surface area contributed by atoms with Gasteiger partial charge in [-0.15, -0.1) is 0 Å². The molecule has 0 spiro atoms. The molecule has 6 nitrogen and oxygen atoms in total. The summed E-state index contributed by atoms with van der Waals surface area (Å²) in [5, 5.41) is 4.18. The molecule has 29 heavy (non-hydrogen) atoms. The first-order chi connectivity index (χ1) is 14.1. The molecule has 1 fully saturated rings. The lowest BCUT2D eigenvalue weighted by Gasteiger charge is -2.22. The van der Waals surface area contributed by atoms with Crippen LogP contribution in [0, 0.1) is 5.82 Å². The highest BCUT2D eigenvalue weighted by molar-refractivity contribution is 5.95. The maximum absolute atomic E-state index is 13.9. The highest BCUT2D eigenvalue weighted by Gasteiger charge is 2.24. The van der Waals surface area contributed by atoms with Crippen molar-refractivity contribution in [3.63, 3.8) is 0 Å². The van der Waals surface area contributed by atoms with Gasteiger partial charge in [0.05, 0.1) is 11.3 Å². The molecule has 1 aliphatic rings. The minimum absolute atomic E-state index is 0.0708. The highest BCUT2D eigenvalue weighted by atomic mass is 19.1. The summed E-state index contributed by atoms with van der Waals surface area (Å²) in [6.07, 6.45) is 4.19. The summed E-state index contributed by atoms with van der Waals surface area (Å²) in [5.74, 6) is -0.926. The second kappa shape index (κ2) is 8.26. The summed E-state index contributed by atoms with van der Waals surface area (Å²) in [4.78, 5) is 28.9. The SMILES string of the molecule is O=C(c1ccc(-n2cccn2)cc1)N1CCCN(C(=O)c2ccccc2F)CC1. The quantitative estimate of drug-likeness (QED) is 0.689. The summed E-state index contributed by atoms with van der Waals surface area (Å²) in [5.41, 5.74) is 1.54. The number of rotatable bonds is 3. The predicted octanol–water partition coefficient (Wildman–Crippen LogP) is 3.00. The normalized spacial score (nSPS) is 14.5. The van der Waals surface area contributed by atoms with Crippen molar-refractivity contribution in [1.29, 1.82) is 0 Å². The zero-order valence-corrected chi connectivity index (χ0v) is 15.9. The van der Waals surface area contributed by atoms with Gasteiger partial charge in [0, 0.05) is 44.1 Å². The van der Waals surface area contributed by atoms with E-state index in [2.05, 4.69) is 5.10 Å². The Bertz CT molecular complexity index is 1000. The number of hydrogen-bond donors (Lipinski definition) is 0. The van der Waals surface area contributed by atoms with Gasteiger partial charge >= 0.3 is 0 Å². The maximum atomic E-state index is 13.9. The molecule has 1 aliphatic heterocycles. The molecule has 2 aromatic carbocycles. The Hall–Kier alpha value is -3.48. The van der Waals surface area contributed by atoms with E-state index in [1.165, 1.54) is 12.1 Å². The van der Waals surface area contributed by atoms with Crippen LogP contribution in [0.1, 0.15) is 27.1 Å². The van der Waals surface area contributed by atoms with Crippen LogP contribution in [-0.4, -0.2) is 57.6 Å². The fraction of sp³-hybridized carbons (Fsp3) is 0.227. The van der Waals surface area contributed by atoms with Crippen molar-refractivity contribution < 1.29 is 14.0 Å². The number of halogens is 1. The third-order valence-electron chi connectivity index (χ3n) is 5.06. The molecule has 1 saturated heterocycles. The van der Waals surface area contributed by atoms with Crippen LogP contribution < -0.4 is 0 Å². The lowest BCUT2D eigenvalue weighted by molar-refractivity contribution is 0.0716. The van der Waals surface area contributed by atoms with Gasteiger partial charge in [-0.1, -0.05) is 12.1 Å². The average molecular weight is 392 g/mol. The van der Waals surface area contributed by atoms with Crippen molar-refractivity contribution in [2.75, 3.05) is 26.2 Å². The molecule has 148 valence electrons. The van der Waals surface area contributed by atoms with Gasteiger partial charge in [0.25, 0.3) is 11.8 Å². The molecule has 2 heterocycles. The zero-order chi connectivity index (χ0) is 20.2. The summed E-state index contributed by atoms with van der Waals surface area (Å²) in [7, 11) is 0. The molecule has 0 N–H and O–H groups in total. The molecular formula is C22H21FN4O2. The topological polar surface area (TPSA) is 58.4 Å². The van der Waals surface area contributed by atoms with Crippen LogP contribution in [0.5, 0.6) is 0 Å². The van der Waals surface area contributed by atoms with Gasteiger partial charge in [-0.25, -0.2) is 9.07 Å². The Kier molecular flexibility index (Phi) is 5.37. The van der Waals surface area contributed by atoms with Crippen LogP contribution in [0.4, 0.5) is 4.39 Å². The smallest absolute Gasteiger partial charge is 0.256 e.